The van der Waals surface area contributed by atoms with Gasteiger partial charge in [0.1, 0.15) is 5.60 Å². The van der Waals surface area contributed by atoms with Crippen LogP contribution in [0.25, 0.3) is 0 Å². The molecule has 0 radical (unpaired) electrons. The Morgan fingerprint density at radius 2 is 1.77 bits per heavy atom. The lowest BCUT2D eigenvalue weighted by molar-refractivity contribution is 0.0131. The Kier molecular flexibility index (Phi) is 9.99. The largest absolute Gasteiger partial charge is 0.488 e. The van der Waals surface area contributed by atoms with Crippen molar-refractivity contribution in [2.45, 2.75) is 86.0 Å². The van der Waals surface area contributed by atoms with Crippen LogP contribution in [0.2, 0.25) is 0 Å². The van der Waals surface area contributed by atoms with Crippen LogP contribution in [0.5, 0.6) is 11.6 Å². The first kappa shape index (κ1) is 28.9. The third-order valence-electron chi connectivity index (χ3n) is 6.88. The SMILES string of the molecule is COc1[nH]c(CC=C(C)CC(C)=CC(C)=C[C@@H](C)[C@@H](OC)[C@@]2(C)O[C@@H]2C(C)C)c(C)c(=O)c1OC. The summed E-state index contributed by atoms with van der Waals surface area (Å²) in [5.74, 6) is 1.28. The first-order chi connectivity index (χ1) is 16.4. The number of allylic oxidation sites excluding steroid dienone is 5. The third kappa shape index (κ3) is 6.89. The Bertz CT molecular complexity index is 1030. The van der Waals surface area contributed by atoms with E-state index in [2.05, 4.69) is 71.7 Å². The van der Waals surface area contributed by atoms with Gasteiger partial charge in [-0.15, -0.1) is 0 Å². The highest BCUT2D eigenvalue weighted by atomic mass is 16.6. The monoisotopic (exact) mass is 487 g/mol. The zero-order valence-corrected chi connectivity index (χ0v) is 23.5. The average molecular weight is 488 g/mol. The topological polar surface area (TPSA) is 73.1 Å². The van der Waals surface area contributed by atoms with E-state index in [1.165, 1.54) is 30.9 Å². The minimum absolute atomic E-state index is 0.0204. The number of aromatic amines is 1. The molecule has 1 fully saturated rings. The molecule has 4 atom stereocenters. The molecule has 0 saturated carbocycles. The molecule has 6 heteroatoms. The number of hydrogen-bond donors (Lipinski definition) is 1. The number of hydrogen-bond acceptors (Lipinski definition) is 5. The van der Waals surface area contributed by atoms with E-state index in [1.54, 1.807) is 7.11 Å². The van der Waals surface area contributed by atoms with E-state index in [0.717, 1.165) is 12.1 Å². The minimum Gasteiger partial charge on any atom is -0.488 e. The Morgan fingerprint density at radius 1 is 1.11 bits per heavy atom. The van der Waals surface area contributed by atoms with Gasteiger partial charge < -0.3 is 23.9 Å². The standard InChI is InChI=1S/C29H45NO5/c1-17(2)26-29(8,35-26)27(33-10)21(6)16-20(5)15-19(4)14-18(3)12-13-23-22(7)24(31)25(32-9)28(30-23)34-11/h12,15-17,21,26-27H,13-14H2,1-11H3,(H,30,31)/t21-,26-,27-,29+/m1/s1. The van der Waals surface area contributed by atoms with Crippen LogP contribution < -0.4 is 14.9 Å². The summed E-state index contributed by atoms with van der Waals surface area (Å²) in [6, 6.07) is 0. The summed E-state index contributed by atoms with van der Waals surface area (Å²) in [4.78, 5) is 15.7. The molecular formula is C29H45NO5. The summed E-state index contributed by atoms with van der Waals surface area (Å²) in [6.45, 7) is 17.0. The number of aromatic nitrogens is 1. The van der Waals surface area contributed by atoms with Crippen LogP contribution in [0.4, 0.5) is 0 Å². The van der Waals surface area contributed by atoms with Gasteiger partial charge in [0, 0.05) is 30.7 Å². The van der Waals surface area contributed by atoms with E-state index in [1.807, 2.05) is 6.92 Å². The molecule has 6 nitrogen and oxygen atoms in total. The minimum atomic E-state index is -0.222. The van der Waals surface area contributed by atoms with Crippen LogP contribution in [0.15, 0.2) is 39.7 Å². The van der Waals surface area contributed by atoms with Crippen LogP contribution in [-0.4, -0.2) is 44.1 Å². The average Bonchev–Trinajstić information content (AvgIpc) is 3.47. The number of nitrogens with one attached hydrogen (secondary N) is 1. The molecular weight excluding hydrogens is 442 g/mol. The first-order valence-electron chi connectivity index (χ1n) is 12.4. The van der Waals surface area contributed by atoms with E-state index in [9.17, 15) is 4.79 Å². The van der Waals surface area contributed by atoms with E-state index in [-0.39, 0.29) is 34.9 Å². The van der Waals surface area contributed by atoms with Gasteiger partial charge in [-0.1, -0.05) is 55.7 Å². The Labute approximate surface area is 211 Å². The lowest BCUT2D eigenvalue weighted by Crippen LogP contribution is -2.37. The van der Waals surface area contributed by atoms with Crippen molar-refractivity contribution in [2.24, 2.45) is 11.8 Å². The third-order valence-corrected chi connectivity index (χ3v) is 6.88. The van der Waals surface area contributed by atoms with Gasteiger partial charge in [0.25, 0.3) is 0 Å². The van der Waals surface area contributed by atoms with Crippen molar-refractivity contribution >= 4 is 0 Å². The molecule has 196 valence electrons. The maximum absolute atomic E-state index is 12.5. The van der Waals surface area contributed by atoms with Gasteiger partial charge >= 0.3 is 0 Å². The molecule has 1 aliphatic rings. The van der Waals surface area contributed by atoms with E-state index >= 15 is 0 Å². The second-order valence-electron chi connectivity index (χ2n) is 10.4. The number of ether oxygens (including phenoxy) is 4. The molecule has 0 spiro atoms. The quantitative estimate of drug-likeness (QED) is 0.224. The summed E-state index contributed by atoms with van der Waals surface area (Å²) in [7, 11) is 4.77. The zero-order valence-electron chi connectivity index (χ0n) is 23.5. The summed E-state index contributed by atoms with van der Waals surface area (Å²) in [6.07, 6.45) is 8.42. The van der Waals surface area contributed by atoms with Crippen molar-refractivity contribution in [3.05, 3.63) is 56.4 Å². The molecule has 0 aromatic carbocycles. The lowest BCUT2D eigenvalue weighted by atomic mass is 9.86. The molecule has 1 aromatic heterocycles. The molecule has 1 aromatic rings. The fourth-order valence-electron chi connectivity index (χ4n) is 5.25. The number of methoxy groups -OCH3 is 3. The summed E-state index contributed by atoms with van der Waals surface area (Å²) >= 11 is 0. The molecule has 2 heterocycles. The molecule has 0 bridgehead atoms. The highest BCUT2D eigenvalue weighted by molar-refractivity contribution is 5.40. The second kappa shape index (κ2) is 12.1. The normalized spacial score (nSPS) is 22.9. The summed E-state index contributed by atoms with van der Waals surface area (Å²) < 4.78 is 22.4. The fourth-order valence-corrected chi connectivity index (χ4v) is 5.25. The van der Waals surface area contributed by atoms with Crippen molar-refractivity contribution in [1.82, 2.24) is 4.98 Å². The van der Waals surface area contributed by atoms with Crippen LogP contribution in [0.3, 0.4) is 0 Å². The van der Waals surface area contributed by atoms with Crippen molar-refractivity contribution in [3.8, 4) is 11.6 Å². The van der Waals surface area contributed by atoms with Gasteiger partial charge in [-0.25, -0.2) is 0 Å². The maximum Gasteiger partial charge on any atom is 0.238 e. The van der Waals surface area contributed by atoms with E-state index in [0.29, 0.717) is 23.8 Å². The lowest BCUT2D eigenvalue weighted by Gasteiger charge is -2.25. The molecule has 1 saturated heterocycles. The Balaban J connectivity index is 2.08. The van der Waals surface area contributed by atoms with E-state index in [4.69, 9.17) is 18.9 Å². The Morgan fingerprint density at radius 3 is 2.29 bits per heavy atom. The molecule has 35 heavy (non-hydrogen) atoms. The molecule has 2 rings (SSSR count). The number of epoxide rings is 1. The second-order valence-corrected chi connectivity index (χ2v) is 10.4. The summed E-state index contributed by atoms with van der Waals surface area (Å²) in [5, 5.41) is 0. The highest BCUT2D eigenvalue weighted by Gasteiger charge is 2.60. The zero-order chi connectivity index (χ0) is 26.5. The smallest absolute Gasteiger partial charge is 0.238 e. The first-order valence-corrected chi connectivity index (χ1v) is 12.4. The van der Waals surface area contributed by atoms with Crippen LogP contribution in [0, 0.1) is 18.8 Å². The van der Waals surface area contributed by atoms with Crippen LogP contribution >= 0.6 is 0 Å². The molecule has 1 aliphatic heterocycles. The van der Waals surface area contributed by atoms with Crippen LogP contribution in [0.1, 0.15) is 66.1 Å². The molecule has 0 amide bonds. The number of pyridine rings is 1. The Hall–Kier alpha value is -2.31. The van der Waals surface area contributed by atoms with Gasteiger partial charge in [-0.3, -0.25) is 4.79 Å². The predicted molar refractivity (Wildman–Crippen MR) is 143 cm³/mol. The van der Waals surface area contributed by atoms with E-state index < -0.39 is 0 Å². The van der Waals surface area contributed by atoms with Gasteiger partial charge in [0.2, 0.25) is 17.1 Å². The molecule has 0 unspecified atom stereocenters. The predicted octanol–water partition coefficient (Wildman–Crippen LogP) is 5.94. The number of H-pyrrole nitrogens is 1. The van der Waals surface area contributed by atoms with Gasteiger partial charge in [0.05, 0.1) is 26.4 Å². The van der Waals surface area contributed by atoms with Crippen molar-refractivity contribution < 1.29 is 18.9 Å². The number of rotatable bonds is 12. The van der Waals surface area contributed by atoms with Gasteiger partial charge in [-0.05, 0) is 47.0 Å². The van der Waals surface area contributed by atoms with Gasteiger partial charge in [0.15, 0.2) is 0 Å². The van der Waals surface area contributed by atoms with Crippen LogP contribution in [-0.2, 0) is 15.9 Å². The molecule has 1 N–H and O–H groups in total. The van der Waals surface area contributed by atoms with Crippen molar-refractivity contribution in [1.29, 1.82) is 0 Å². The van der Waals surface area contributed by atoms with Crippen molar-refractivity contribution in [2.75, 3.05) is 21.3 Å². The maximum atomic E-state index is 12.5. The van der Waals surface area contributed by atoms with Crippen molar-refractivity contribution in [3.63, 3.8) is 0 Å². The van der Waals surface area contributed by atoms with Gasteiger partial charge in [-0.2, -0.15) is 0 Å². The summed E-state index contributed by atoms with van der Waals surface area (Å²) in [5.41, 5.74) is 4.85. The fraction of sp³-hybridized carbons (Fsp3) is 0.621. The molecule has 0 aliphatic carbocycles. The highest BCUT2D eigenvalue weighted by Crippen LogP contribution is 2.47.